The predicted octanol–water partition coefficient (Wildman–Crippen LogP) is 3.56. The van der Waals surface area contributed by atoms with Crippen LogP contribution in [-0.2, 0) is 11.3 Å². The van der Waals surface area contributed by atoms with Gasteiger partial charge in [0.05, 0.1) is 0 Å². The number of nitrogens with zero attached hydrogens (tertiary/aromatic N) is 2. The minimum atomic E-state index is -0.0834. The maximum atomic E-state index is 11.8. The summed E-state index contributed by atoms with van der Waals surface area (Å²) in [5.74, 6) is -0.0834. The van der Waals surface area contributed by atoms with Crippen LogP contribution in [0, 0.1) is 0 Å². The Labute approximate surface area is 154 Å². The minimum absolute atomic E-state index is 0.0834. The largest absolute Gasteiger partial charge is 0.369 e. The zero-order valence-electron chi connectivity index (χ0n) is 14.7. The lowest BCUT2D eigenvalue weighted by Crippen LogP contribution is -2.23. The second kappa shape index (κ2) is 9.37. The van der Waals surface area contributed by atoms with Crippen LogP contribution in [0.15, 0.2) is 84.9 Å². The van der Waals surface area contributed by atoms with Gasteiger partial charge in [0.1, 0.15) is 0 Å². The van der Waals surface area contributed by atoms with E-state index in [0.717, 1.165) is 25.1 Å². The standard InChI is InChI=1S/C22H23N3O/c26-22(9-8-20-7-4-13-23-17-20)24-14-10-19-11-15-25(16-12-19)18-21-5-2-1-3-6-21/h1-9,11-13,15,17H,10,14,16,18H2,(H,24,26)/b9-8+. The second-order valence-electron chi connectivity index (χ2n) is 6.17. The van der Waals surface area contributed by atoms with Gasteiger partial charge in [0.15, 0.2) is 0 Å². The summed E-state index contributed by atoms with van der Waals surface area (Å²) in [6.07, 6.45) is 14.1. The van der Waals surface area contributed by atoms with Crippen LogP contribution in [0.1, 0.15) is 17.5 Å². The topological polar surface area (TPSA) is 45.2 Å². The summed E-state index contributed by atoms with van der Waals surface area (Å²) in [5, 5.41) is 2.92. The van der Waals surface area contributed by atoms with Crippen molar-refractivity contribution in [2.75, 3.05) is 13.1 Å². The molecule has 1 aromatic carbocycles. The highest BCUT2D eigenvalue weighted by molar-refractivity contribution is 5.91. The van der Waals surface area contributed by atoms with Crippen molar-refractivity contribution in [3.63, 3.8) is 0 Å². The van der Waals surface area contributed by atoms with Crippen LogP contribution in [0.3, 0.4) is 0 Å². The third kappa shape index (κ3) is 5.74. The van der Waals surface area contributed by atoms with Crippen molar-refractivity contribution in [3.8, 4) is 0 Å². The number of rotatable bonds is 7. The van der Waals surface area contributed by atoms with E-state index in [-0.39, 0.29) is 5.91 Å². The van der Waals surface area contributed by atoms with Gasteiger partial charge in [-0.05, 0) is 47.5 Å². The summed E-state index contributed by atoms with van der Waals surface area (Å²) < 4.78 is 0. The van der Waals surface area contributed by atoms with Gasteiger partial charge in [-0.15, -0.1) is 0 Å². The number of carbonyl (C=O) groups excluding carboxylic acids is 1. The zero-order chi connectivity index (χ0) is 18.0. The van der Waals surface area contributed by atoms with E-state index in [4.69, 9.17) is 0 Å². The molecule has 1 aromatic heterocycles. The molecule has 0 unspecified atom stereocenters. The van der Waals surface area contributed by atoms with E-state index in [1.54, 1.807) is 24.5 Å². The molecule has 2 aromatic rings. The number of amides is 1. The van der Waals surface area contributed by atoms with E-state index >= 15 is 0 Å². The number of carbonyl (C=O) groups is 1. The van der Waals surface area contributed by atoms with Gasteiger partial charge in [0, 0.05) is 38.1 Å². The Morgan fingerprint density at radius 2 is 2.08 bits per heavy atom. The quantitative estimate of drug-likeness (QED) is 0.781. The Kier molecular flexibility index (Phi) is 6.37. The van der Waals surface area contributed by atoms with Gasteiger partial charge in [-0.25, -0.2) is 0 Å². The van der Waals surface area contributed by atoms with E-state index in [1.165, 1.54) is 11.1 Å². The molecular formula is C22H23N3O. The van der Waals surface area contributed by atoms with Crippen LogP contribution >= 0.6 is 0 Å². The molecule has 3 rings (SSSR count). The van der Waals surface area contributed by atoms with Gasteiger partial charge >= 0.3 is 0 Å². The van der Waals surface area contributed by atoms with Crippen LogP contribution in [0.5, 0.6) is 0 Å². The second-order valence-corrected chi connectivity index (χ2v) is 6.17. The fourth-order valence-electron chi connectivity index (χ4n) is 2.72. The van der Waals surface area contributed by atoms with E-state index in [2.05, 4.69) is 57.8 Å². The monoisotopic (exact) mass is 345 g/mol. The lowest BCUT2D eigenvalue weighted by molar-refractivity contribution is -0.116. The molecule has 0 fully saturated rings. The first-order valence-corrected chi connectivity index (χ1v) is 8.81. The first kappa shape index (κ1) is 17.7. The average molecular weight is 345 g/mol. The van der Waals surface area contributed by atoms with Crippen LogP contribution in [0.25, 0.3) is 6.08 Å². The molecule has 0 saturated carbocycles. The lowest BCUT2D eigenvalue weighted by Gasteiger charge is -2.22. The summed E-state index contributed by atoms with van der Waals surface area (Å²) >= 11 is 0. The molecule has 1 aliphatic heterocycles. The summed E-state index contributed by atoms with van der Waals surface area (Å²) in [5.41, 5.74) is 3.48. The van der Waals surface area contributed by atoms with Crippen LogP contribution in [-0.4, -0.2) is 28.9 Å². The smallest absolute Gasteiger partial charge is 0.244 e. The van der Waals surface area contributed by atoms with E-state index in [1.807, 2.05) is 18.2 Å². The Bertz CT molecular complexity index is 795. The van der Waals surface area contributed by atoms with Gasteiger partial charge in [-0.3, -0.25) is 9.78 Å². The van der Waals surface area contributed by atoms with Crippen molar-refractivity contribution in [3.05, 3.63) is 96.0 Å². The summed E-state index contributed by atoms with van der Waals surface area (Å²) in [4.78, 5) is 18.1. The summed E-state index contributed by atoms with van der Waals surface area (Å²) in [6.45, 7) is 2.44. The molecule has 2 heterocycles. The molecule has 4 nitrogen and oxygen atoms in total. The molecule has 1 amide bonds. The van der Waals surface area contributed by atoms with E-state index in [9.17, 15) is 4.79 Å². The highest BCUT2D eigenvalue weighted by atomic mass is 16.1. The van der Waals surface area contributed by atoms with Gasteiger partial charge < -0.3 is 10.2 Å². The van der Waals surface area contributed by atoms with Crippen molar-refractivity contribution < 1.29 is 4.79 Å². The van der Waals surface area contributed by atoms with Crippen molar-refractivity contribution in [2.24, 2.45) is 0 Å². The maximum Gasteiger partial charge on any atom is 0.244 e. The molecule has 0 atom stereocenters. The number of aromatic nitrogens is 1. The number of pyridine rings is 1. The van der Waals surface area contributed by atoms with Crippen LogP contribution in [0.2, 0.25) is 0 Å². The Morgan fingerprint density at radius 3 is 2.81 bits per heavy atom. The Hall–Kier alpha value is -3.14. The predicted molar refractivity (Wildman–Crippen MR) is 105 cm³/mol. The SMILES string of the molecule is O=C(/C=C/c1cccnc1)NCCC1=CCN(Cc2ccccc2)C=C1. The number of hydrogen-bond acceptors (Lipinski definition) is 3. The highest BCUT2D eigenvalue weighted by Crippen LogP contribution is 2.13. The summed E-state index contributed by atoms with van der Waals surface area (Å²) in [7, 11) is 0. The first-order chi connectivity index (χ1) is 12.8. The lowest BCUT2D eigenvalue weighted by atomic mass is 10.1. The van der Waals surface area contributed by atoms with E-state index in [0.29, 0.717) is 6.54 Å². The minimum Gasteiger partial charge on any atom is -0.369 e. The molecule has 4 heteroatoms. The van der Waals surface area contributed by atoms with Crippen LogP contribution in [0.4, 0.5) is 0 Å². The first-order valence-electron chi connectivity index (χ1n) is 8.81. The number of allylic oxidation sites excluding steroid dienone is 1. The molecular weight excluding hydrogens is 322 g/mol. The molecule has 0 bridgehead atoms. The van der Waals surface area contributed by atoms with Crippen LogP contribution < -0.4 is 5.32 Å². The number of nitrogens with one attached hydrogen (secondary N) is 1. The highest BCUT2D eigenvalue weighted by Gasteiger charge is 2.05. The number of benzene rings is 1. The average Bonchev–Trinajstić information content (AvgIpc) is 2.69. The third-order valence-corrected chi connectivity index (χ3v) is 4.14. The fourth-order valence-corrected chi connectivity index (χ4v) is 2.72. The maximum absolute atomic E-state index is 11.8. The molecule has 0 radical (unpaired) electrons. The molecule has 0 saturated heterocycles. The fraction of sp³-hybridized carbons (Fsp3) is 0.182. The molecule has 1 aliphatic rings. The molecule has 1 N–H and O–H groups in total. The van der Waals surface area contributed by atoms with Gasteiger partial charge in [-0.2, -0.15) is 0 Å². The zero-order valence-corrected chi connectivity index (χ0v) is 14.7. The Morgan fingerprint density at radius 1 is 1.19 bits per heavy atom. The molecule has 132 valence electrons. The van der Waals surface area contributed by atoms with Crippen molar-refractivity contribution in [1.29, 1.82) is 0 Å². The van der Waals surface area contributed by atoms with E-state index < -0.39 is 0 Å². The van der Waals surface area contributed by atoms with Crippen molar-refractivity contribution >= 4 is 12.0 Å². The molecule has 0 aliphatic carbocycles. The summed E-state index contributed by atoms with van der Waals surface area (Å²) in [6, 6.07) is 14.2. The number of hydrogen-bond donors (Lipinski definition) is 1. The Balaban J connectivity index is 1.37. The normalized spacial score (nSPS) is 13.7. The van der Waals surface area contributed by atoms with Gasteiger partial charge in [0.25, 0.3) is 0 Å². The van der Waals surface area contributed by atoms with Gasteiger partial charge in [0.2, 0.25) is 5.91 Å². The van der Waals surface area contributed by atoms with Crippen molar-refractivity contribution in [2.45, 2.75) is 13.0 Å². The third-order valence-electron chi connectivity index (χ3n) is 4.14. The molecule has 26 heavy (non-hydrogen) atoms. The van der Waals surface area contributed by atoms with Gasteiger partial charge in [-0.1, -0.05) is 42.5 Å². The molecule has 0 spiro atoms. The van der Waals surface area contributed by atoms with Crippen molar-refractivity contribution in [1.82, 2.24) is 15.2 Å².